The SMILES string of the molecule is CC(C)(C)N1CCN(c2ccc3c(c2)CN(C2CCC(=O)NC2=O)C3=O)CC1. The van der Waals surface area contributed by atoms with E-state index in [-0.39, 0.29) is 29.7 Å². The third-order valence-electron chi connectivity index (χ3n) is 6.10. The minimum absolute atomic E-state index is 0.117. The number of fused-ring (bicyclic) bond motifs is 1. The Morgan fingerprint density at radius 1 is 1.04 bits per heavy atom. The van der Waals surface area contributed by atoms with Crippen LogP contribution < -0.4 is 10.2 Å². The van der Waals surface area contributed by atoms with Crippen molar-refractivity contribution < 1.29 is 14.4 Å². The van der Waals surface area contributed by atoms with Gasteiger partial charge in [-0.3, -0.25) is 24.6 Å². The van der Waals surface area contributed by atoms with Crippen molar-refractivity contribution in [2.24, 2.45) is 0 Å². The molecular weight excluding hydrogens is 356 g/mol. The summed E-state index contributed by atoms with van der Waals surface area (Å²) in [7, 11) is 0. The van der Waals surface area contributed by atoms with Crippen LogP contribution in [0.2, 0.25) is 0 Å². The zero-order chi connectivity index (χ0) is 20.1. The fraction of sp³-hybridized carbons (Fsp3) is 0.571. The summed E-state index contributed by atoms with van der Waals surface area (Å²) in [5, 5.41) is 2.35. The van der Waals surface area contributed by atoms with Gasteiger partial charge in [0, 0.05) is 55.9 Å². The summed E-state index contributed by atoms with van der Waals surface area (Å²) in [4.78, 5) is 42.8. The first kappa shape index (κ1) is 18.9. The monoisotopic (exact) mass is 384 g/mol. The largest absolute Gasteiger partial charge is 0.369 e. The Labute approximate surface area is 165 Å². The molecule has 0 spiro atoms. The number of amides is 3. The Balaban J connectivity index is 1.47. The molecule has 1 N–H and O–H groups in total. The minimum atomic E-state index is -0.559. The van der Waals surface area contributed by atoms with Crippen molar-refractivity contribution in [2.75, 3.05) is 31.1 Å². The molecule has 2 saturated heterocycles. The van der Waals surface area contributed by atoms with Gasteiger partial charge in [0.15, 0.2) is 0 Å². The maximum absolute atomic E-state index is 12.8. The standard InChI is InChI=1S/C21H28N4O3/c1-21(2,3)24-10-8-23(9-11-24)15-4-5-16-14(12-15)13-25(20(16)28)17-6-7-18(26)22-19(17)27/h4-5,12,17H,6-11,13H2,1-3H3,(H,22,26,27). The molecule has 1 atom stereocenters. The molecule has 2 fully saturated rings. The van der Waals surface area contributed by atoms with E-state index in [1.54, 1.807) is 4.90 Å². The highest BCUT2D eigenvalue weighted by Gasteiger charge is 2.39. The summed E-state index contributed by atoms with van der Waals surface area (Å²) in [6.45, 7) is 11.1. The number of carbonyl (C=O) groups is 3. The fourth-order valence-electron chi connectivity index (χ4n) is 4.39. The Bertz CT molecular complexity index is 821. The Hall–Kier alpha value is -2.41. The van der Waals surface area contributed by atoms with Gasteiger partial charge in [-0.25, -0.2) is 0 Å². The molecule has 4 rings (SSSR count). The fourth-order valence-corrected chi connectivity index (χ4v) is 4.39. The molecule has 0 saturated carbocycles. The summed E-state index contributed by atoms with van der Waals surface area (Å²) >= 11 is 0. The molecule has 28 heavy (non-hydrogen) atoms. The lowest BCUT2D eigenvalue weighted by molar-refractivity contribution is -0.136. The van der Waals surface area contributed by atoms with Crippen molar-refractivity contribution in [3.05, 3.63) is 29.3 Å². The van der Waals surface area contributed by atoms with E-state index < -0.39 is 6.04 Å². The average molecular weight is 384 g/mol. The molecule has 3 aliphatic heterocycles. The van der Waals surface area contributed by atoms with Gasteiger partial charge in [-0.2, -0.15) is 0 Å². The van der Waals surface area contributed by atoms with Gasteiger partial charge in [0.05, 0.1) is 0 Å². The van der Waals surface area contributed by atoms with Crippen molar-refractivity contribution in [1.82, 2.24) is 15.1 Å². The van der Waals surface area contributed by atoms with Crippen LogP contribution in [0.3, 0.4) is 0 Å². The number of piperidine rings is 1. The number of carbonyl (C=O) groups excluding carboxylic acids is 3. The van der Waals surface area contributed by atoms with Gasteiger partial charge < -0.3 is 9.80 Å². The number of hydrogen-bond acceptors (Lipinski definition) is 5. The average Bonchev–Trinajstić information content (AvgIpc) is 2.97. The van der Waals surface area contributed by atoms with E-state index in [9.17, 15) is 14.4 Å². The second-order valence-electron chi connectivity index (χ2n) is 8.89. The van der Waals surface area contributed by atoms with E-state index in [0.29, 0.717) is 18.5 Å². The number of rotatable bonds is 2. The minimum Gasteiger partial charge on any atom is -0.369 e. The van der Waals surface area contributed by atoms with Gasteiger partial charge in [-0.05, 0) is 51.0 Å². The zero-order valence-electron chi connectivity index (χ0n) is 16.8. The van der Waals surface area contributed by atoms with Crippen molar-refractivity contribution in [3.8, 4) is 0 Å². The maximum Gasteiger partial charge on any atom is 0.255 e. The lowest BCUT2D eigenvalue weighted by Gasteiger charge is -2.43. The molecule has 0 aromatic heterocycles. The highest BCUT2D eigenvalue weighted by molar-refractivity contribution is 6.05. The molecule has 3 amide bonds. The van der Waals surface area contributed by atoms with Crippen LogP contribution in [0.15, 0.2) is 18.2 Å². The number of imide groups is 1. The van der Waals surface area contributed by atoms with Gasteiger partial charge in [0.1, 0.15) is 6.04 Å². The van der Waals surface area contributed by atoms with Crippen LogP contribution in [0.1, 0.15) is 49.5 Å². The summed E-state index contributed by atoms with van der Waals surface area (Å²) in [5.41, 5.74) is 2.94. The number of nitrogens with zero attached hydrogens (tertiary/aromatic N) is 3. The summed E-state index contributed by atoms with van der Waals surface area (Å²) < 4.78 is 0. The highest BCUT2D eigenvalue weighted by atomic mass is 16.2. The third-order valence-corrected chi connectivity index (χ3v) is 6.10. The first-order valence-corrected chi connectivity index (χ1v) is 10.0. The summed E-state index contributed by atoms with van der Waals surface area (Å²) in [5.74, 6) is -0.744. The van der Waals surface area contributed by atoms with E-state index in [0.717, 1.165) is 37.4 Å². The topological polar surface area (TPSA) is 73.0 Å². The van der Waals surface area contributed by atoms with E-state index in [4.69, 9.17) is 0 Å². The van der Waals surface area contributed by atoms with Crippen LogP contribution >= 0.6 is 0 Å². The zero-order valence-corrected chi connectivity index (χ0v) is 16.8. The molecule has 150 valence electrons. The van der Waals surface area contributed by atoms with Crippen molar-refractivity contribution in [2.45, 2.75) is 51.7 Å². The predicted octanol–water partition coefficient (Wildman–Crippen LogP) is 1.37. The van der Waals surface area contributed by atoms with Gasteiger partial charge in [-0.15, -0.1) is 0 Å². The number of anilines is 1. The summed E-state index contributed by atoms with van der Waals surface area (Å²) in [6, 6.07) is 5.43. The van der Waals surface area contributed by atoms with Crippen LogP contribution in [0.25, 0.3) is 0 Å². The van der Waals surface area contributed by atoms with E-state index in [2.05, 4.69) is 42.0 Å². The Morgan fingerprint density at radius 2 is 1.75 bits per heavy atom. The molecule has 0 bridgehead atoms. The first-order chi connectivity index (χ1) is 13.2. The number of nitrogens with one attached hydrogen (secondary N) is 1. The molecule has 0 radical (unpaired) electrons. The van der Waals surface area contributed by atoms with Crippen LogP contribution in [-0.4, -0.2) is 65.3 Å². The summed E-state index contributed by atoms with van der Waals surface area (Å²) in [6.07, 6.45) is 0.672. The normalized spacial score (nSPS) is 23.8. The molecule has 7 heteroatoms. The van der Waals surface area contributed by atoms with E-state index in [1.807, 2.05) is 12.1 Å². The molecule has 7 nitrogen and oxygen atoms in total. The number of hydrogen-bond donors (Lipinski definition) is 1. The quantitative estimate of drug-likeness (QED) is 0.780. The van der Waals surface area contributed by atoms with Gasteiger partial charge in [0.25, 0.3) is 5.91 Å². The lowest BCUT2D eigenvalue weighted by atomic mass is 10.0. The first-order valence-electron chi connectivity index (χ1n) is 10.0. The predicted molar refractivity (Wildman–Crippen MR) is 106 cm³/mol. The molecule has 1 aromatic carbocycles. The van der Waals surface area contributed by atoms with Gasteiger partial charge >= 0.3 is 0 Å². The number of piperazine rings is 1. The molecule has 3 aliphatic rings. The highest BCUT2D eigenvalue weighted by Crippen LogP contribution is 2.31. The van der Waals surface area contributed by atoms with Crippen LogP contribution in [0, 0.1) is 0 Å². The Morgan fingerprint density at radius 3 is 2.39 bits per heavy atom. The van der Waals surface area contributed by atoms with E-state index >= 15 is 0 Å². The van der Waals surface area contributed by atoms with E-state index in [1.165, 1.54) is 0 Å². The second-order valence-corrected chi connectivity index (χ2v) is 8.89. The lowest BCUT2D eigenvalue weighted by Crippen LogP contribution is -2.53. The number of benzene rings is 1. The molecule has 1 aromatic rings. The van der Waals surface area contributed by atoms with Crippen molar-refractivity contribution in [3.63, 3.8) is 0 Å². The van der Waals surface area contributed by atoms with Gasteiger partial charge in [-0.1, -0.05) is 0 Å². The van der Waals surface area contributed by atoms with Crippen LogP contribution in [0.5, 0.6) is 0 Å². The van der Waals surface area contributed by atoms with Gasteiger partial charge in [0.2, 0.25) is 11.8 Å². The molecule has 3 heterocycles. The third kappa shape index (κ3) is 3.39. The maximum atomic E-state index is 12.8. The van der Waals surface area contributed by atoms with Crippen LogP contribution in [0.4, 0.5) is 5.69 Å². The molecular formula is C21H28N4O3. The Kier molecular flexibility index (Phi) is 4.65. The molecule has 0 aliphatic carbocycles. The van der Waals surface area contributed by atoms with Crippen molar-refractivity contribution in [1.29, 1.82) is 0 Å². The van der Waals surface area contributed by atoms with Crippen LogP contribution in [-0.2, 0) is 16.1 Å². The van der Waals surface area contributed by atoms with Crippen molar-refractivity contribution >= 4 is 23.4 Å². The second kappa shape index (κ2) is 6.88. The smallest absolute Gasteiger partial charge is 0.255 e. The molecule has 1 unspecified atom stereocenters.